The third-order valence-electron chi connectivity index (χ3n) is 3.17. The molecule has 1 aromatic heterocycles. The van der Waals surface area contributed by atoms with Crippen molar-refractivity contribution < 1.29 is 8.42 Å². The van der Waals surface area contributed by atoms with Crippen molar-refractivity contribution in [3.63, 3.8) is 0 Å². The molecule has 0 bridgehead atoms. The zero-order chi connectivity index (χ0) is 15.1. The van der Waals surface area contributed by atoms with Crippen LogP contribution in [0.25, 0.3) is 0 Å². The molecule has 0 saturated heterocycles. The quantitative estimate of drug-likeness (QED) is 0.733. The molecule has 0 amide bonds. The minimum absolute atomic E-state index is 0.315. The Morgan fingerprint density at radius 1 is 1.10 bits per heavy atom. The first-order valence-corrected chi connectivity index (χ1v) is 9.29. The topological polar surface area (TPSA) is 58.2 Å². The molecule has 0 aliphatic carbocycles. The summed E-state index contributed by atoms with van der Waals surface area (Å²) >= 11 is 1.56. The summed E-state index contributed by atoms with van der Waals surface area (Å²) in [5.74, 6) is 0. The molecule has 4 nitrogen and oxygen atoms in total. The zero-order valence-corrected chi connectivity index (χ0v) is 13.6. The number of hydrogen-bond donors (Lipinski definition) is 2. The van der Waals surface area contributed by atoms with Gasteiger partial charge in [-0.25, -0.2) is 13.1 Å². The maximum absolute atomic E-state index is 12.2. The van der Waals surface area contributed by atoms with Crippen LogP contribution < -0.4 is 10.0 Å². The van der Waals surface area contributed by atoms with Crippen LogP contribution in [0.2, 0.25) is 0 Å². The van der Waals surface area contributed by atoms with Crippen LogP contribution in [-0.2, 0) is 23.0 Å². The molecular weight excluding hydrogens is 304 g/mol. The summed E-state index contributed by atoms with van der Waals surface area (Å²) in [6, 6.07) is 9.02. The number of rotatable bonds is 8. The summed E-state index contributed by atoms with van der Waals surface area (Å²) < 4.78 is 27.0. The minimum Gasteiger partial charge on any atom is -0.320 e. The van der Waals surface area contributed by atoms with Crippen LogP contribution in [0.1, 0.15) is 17.5 Å². The number of aryl methyl sites for hydroxylation is 1. The molecule has 0 radical (unpaired) electrons. The summed E-state index contributed by atoms with van der Waals surface area (Å²) in [5.41, 5.74) is 2.13. The van der Waals surface area contributed by atoms with Crippen molar-refractivity contribution >= 4 is 21.4 Å². The summed E-state index contributed by atoms with van der Waals surface area (Å²) in [5, 5.41) is 6.97. The van der Waals surface area contributed by atoms with Gasteiger partial charge in [0.15, 0.2) is 0 Å². The van der Waals surface area contributed by atoms with Crippen molar-refractivity contribution in [2.24, 2.45) is 0 Å². The van der Waals surface area contributed by atoms with Gasteiger partial charge in [-0.1, -0.05) is 12.1 Å². The average molecular weight is 324 g/mol. The van der Waals surface area contributed by atoms with E-state index in [-0.39, 0.29) is 0 Å². The van der Waals surface area contributed by atoms with Gasteiger partial charge < -0.3 is 5.32 Å². The Labute approximate surface area is 130 Å². The molecule has 6 heteroatoms. The van der Waals surface area contributed by atoms with E-state index in [0.29, 0.717) is 11.4 Å². The molecule has 0 aliphatic heterocycles. The summed E-state index contributed by atoms with van der Waals surface area (Å²) in [7, 11) is -1.51. The highest BCUT2D eigenvalue weighted by molar-refractivity contribution is 7.89. The van der Waals surface area contributed by atoms with Gasteiger partial charge in [0.25, 0.3) is 0 Å². The molecule has 21 heavy (non-hydrogen) atoms. The van der Waals surface area contributed by atoms with Crippen molar-refractivity contribution in [3.8, 4) is 0 Å². The lowest BCUT2D eigenvalue weighted by Gasteiger charge is -2.07. The number of thiophene rings is 1. The molecule has 2 rings (SSSR count). The van der Waals surface area contributed by atoms with Crippen molar-refractivity contribution in [1.29, 1.82) is 0 Å². The van der Waals surface area contributed by atoms with E-state index < -0.39 is 10.0 Å². The fourth-order valence-electron chi connectivity index (χ4n) is 1.96. The molecule has 1 aromatic carbocycles. The summed E-state index contributed by atoms with van der Waals surface area (Å²) in [4.78, 5) is 0.315. The van der Waals surface area contributed by atoms with Crippen molar-refractivity contribution in [2.75, 3.05) is 13.6 Å². The Kier molecular flexibility index (Phi) is 5.93. The second kappa shape index (κ2) is 7.70. The highest BCUT2D eigenvalue weighted by atomic mass is 32.2. The summed E-state index contributed by atoms with van der Waals surface area (Å²) in [6.45, 7) is 1.29. The molecule has 1 heterocycles. The minimum atomic E-state index is -3.44. The maximum Gasteiger partial charge on any atom is 0.240 e. The smallest absolute Gasteiger partial charge is 0.240 e. The molecule has 0 saturated carbocycles. The first-order chi connectivity index (χ1) is 10.1. The normalized spacial score (nSPS) is 11.7. The van der Waals surface area contributed by atoms with Crippen LogP contribution >= 0.6 is 11.3 Å². The van der Waals surface area contributed by atoms with Gasteiger partial charge in [-0.3, -0.25) is 0 Å². The molecule has 114 valence electrons. The van der Waals surface area contributed by atoms with Crippen LogP contribution in [0.4, 0.5) is 0 Å². The molecule has 0 spiro atoms. The van der Waals surface area contributed by atoms with E-state index in [1.54, 1.807) is 23.5 Å². The van der Waals surface area contributed by atoms with Gasteiger partial charge in [-0.15, -0.1) is 0 Å². The number of sulfonamides is 1. The number of hydrogen-bond acceptors (Lipinski definition) is 4. The Balaban J connectivity index is 1.96. The average Bonchev–Trinajstić information content (AvgIpc) is 3.00. The third kappa shape index (κ3) is 4.93. The molecule has 0 atom stereocenters. The Bertz CT molecular complexity index is 635. The van der Waals surface area contributed by atoms with E-state index in [9.17, 15) is 8.42 Å². The number of nitrogens with one attached hydrogen (secondary N) is 2. The molecular formula is C15H20N2O2S2. The molecule has 0 aliphatic rings. The first-order valence-electron chi connectivity index (χ1n) is 6.86. The lowest BCUT2D eigenvalue weighted by molar-refractivity contribution is 0.581. The van der Waals surface area contributed by atoms with E-state index in [2.05, 4.69) is 10.0 Å². The highest BCUT2D eigenvalue weighted by Gasteiger charge is 2.13. The van der Waals surface area contributed by atoms with Gasteiger partial charge in [0.1, 0.15) is 0 Å². The van der Waals surface area contributed by atoms with E-state index >= 15 is 0 Å². The lowest BCUT2D eigenvalue weighted by atomic mass is 10.1. The molecule has 0 fully saturated rings. The van der Waals surface area contributed by atoms with E-state index in [1.165, 1.54) is 0 Å². The Morgan fingerprint density at radius 2 is 1.86 bits per heavy atom. The van der Waals surface area contributed by atoms with Gasteiger partial charge in [-0.2, -0.15) is 11.3 Å². The van der Waals surface area contributed by atoms with E-state index in [1.807, 2.05) is 36.0 Å². The molecule has 0 unspecified atom stereocenters. The van der Waals surface area contributed by atoms with Crippen molar-refractivity contribution in [3.05, 3.63) is 52.2 Å². The summed E-state index contributed by atoms with van der Waals surface area (Å²) in [6.07, 6.45) is 1.99. The van der Waals surface area contributed by atoms with E-state index in [4.69, 9.17) is 0 Å². The SMILES string of the molecule is CNCCCc1ccc(S(=O)(=O)NCc2ccsc2)cc1. The van der Waals surface area contributed by atoms with Gasteiger partial charge in [0, 0.05) is 6.54 Å². The largest absolute Gasteiger partial charge is 0.320 e. The zero-order valence-electron chi connectivity index (χ0n) is 12.0. The van der Waals surface area contributed by atoms with E-state index in [0.717, 1.165) is 30.5 Å². The van der Waals surface area contributed by atoms with Gasteiger partial charge in [-0.05, 0) is 66.5 Å². The van der Waals surface area contributed by atoms with Gasteiger partial charge >= 0.3 is 0 Å². The lowest BCUT2D eigenvalue weighted by Crippen LogP contribution is -2.22. The molecule has 2 N–H and O–H groups in total. The highest BCUT2D eigenvalue weighted by Crippen LogP contribution is 2.13. The monoisotopic (exact) mass is 324 g/mol. The Morgan fingerprint density at radius 3 is 2.48 bits per heavy atom. The van der Waals surface area contributed by atoms with Crippen LogP contribution in [0.5, 0.6) is 0 Å². The predicted octanol–water partition coefficient (Wildman–Crippen LogP) is 2.38. The van der Waals surface area contributed by atoms with Gasteiger partial charge in [0.05, 0.1) is 4.90 Å². The Hall–Kier alpha value is -1.21. The van der Waals surface area contributed by atoms with Crippen LogP contribution in [0.15, 0.2) is 46.0 Å². The van der Waals surface area contributed by atoms with Crippen molar-refractivity contribution in [2.45, 2.75) is 24.3 Å². The third-order valence-corrected chi connectivity index (χ3v) is 5.32. The second-order valence-corrected chi connectivity index (χ2v) is 7.35. The fraction of sp³-hybridized carbons (Fsp3) is 0.333. The van der Waals surface area contributed by atoms with Gasteiger partial charge in [0.2, 0.25) is 10.0 Å². The maximum atomic E-state index is 12.2. The first kappa shape index (κ1) is 16.2. The fourth-order valence-corrected chi connectivity index (χ4v) is 3.65. The van der Waals surface area contributed by atoms with Crippen LogP contribution in [-0.4, -0.2) is 22.0 Å². The van der Waals surface area contributed by atoms with Crippen LogP contribution in [0, 0.1) is 0 Å². The standard InChI is InChI=1S/C15H20N2O2S2/c1-16-9-2-3-13-4-6-15(7-5-13)21(18,19)17-11-14-8-10-20-12-14/h4-8,10,12,16-17H,2-3,9,11H2,1H3. The second-order valence-electron chi connectivity index (χ2n) is 4.81. The molecule has 2 aromatic rings. The van der Waals surface area contributed by atoms with Crippen molar-refractivity contribution in [1.82, 2.24) is 10.0 Å². The number of benzene rings is 1. The van der Waals surface area contributed by atoms with Crippen LogP contribution in [0.3, 0.4) is 0 Å². The predicted molar refractivity (Wildman–Crippen MR) is 87.0 cm³/mol.